The highest BCUT2D eigenvalue weighted by atomic mass is 35.5. The van der Waals surface area contributed by atoms with Crippen LogP contribution in [0.2, 0.25) is 5.02 Å². The van der Waals surface area contributed by atoms with Gasteiger partial charge in [-0.05, 0) is 17.7 Å². The summed E-state index contributed by atoms with van der Waals surface area (Å²) in [4.78, 5) is 3.97. The lowest BCUT2D eigenvalue weighted by Gasteiger charge is -1.92. The standard InChI is InChI=1S/C9H10ClNO/c10-9-3-1-2-8(6-9)7-11-4-5-12/h1-3,6-7,12H,4-5H2. The molecular formula is C9H10ClNO. The van der Waals surface area contributed by atoms with Gasteiger partial charge in [-0.15, -0.1) is 0 Å². The third kappa shape index (κ3) is 3.03. The summed E-state index contributed by atoms with van der Waals surface area (Å²) in [6.07, 6.45) is 1.70. The third-order valence-electron chi connectivity index (χ3n) is 1.32. The van der Waals surface area contributed by atoms with Crippen molar-refractivity contribution in [1.29, 1.82) is 0 Å². The van der Waals surface area contributed by atoms with E-state index >= 15 is 0 Å². The van der Waals surface area contributed by atoms with Gasteiger partial charge in [-0.2, -0.15) is 0 Å². The van der Waals surface area contributed by atoms with E-state index in [-0.39, 0.29) is 6.61 Å². The van der Waals surface area contributed by atoms with Gasteiger partial charge < -0.3 is 5.11 Å². The van der Waals surface area contributed by atoms with E-state index in [0.717, 1.165) is 5.56 Å². The van der Waals surface area contributed by atoms with E-state index in [1.807, 2.05) is 24.3 Å². The zero-order valence-electron chi connectivity index (χ0n) is 6.57. The first kappa shape index (κ1) is 9.23. The van der Waals surface area contributed by atoms with Crippen molar-refractivity contribution in [2.75, 3.05) is 13.2 Å². The Morgan fingerprint density at radius 3 is 3.00 bits per heavy atom. The van der Waals surface area contributed by atoms with Gasteiger partial charge in [0.05, 0.1) is 13.2 Å². The minimum Gasteiger partial charge on any atom is -0.394 e. The van der Waals surface area contributed by atoms with Crippen LogP contribution in [0.25, 0.3) is 0 Å². The third-order valence-corrected chi connectivity index (χ3v) is 1.55. The van der Waals surface area contributed by atoms with E-state index in [1.165, 1.54) is 0 Å². The van der Waals surface area contributed by atoms with Crippen molar-refractivity contribution in [3.63, 3.8) is 0 Å². The van der Waals surface area contributed by atoms with Crippen molar-refractivity contribution in [2.24, 2.45) is 4.99 Å². The number of aliphatic imine (C=N–C) groups is 1. The molecule has 0 bridgehead atoms. The van der Waals surface area contributed by atoms with E-state index in [1.54, 1.807) is 6.21 Å². The van der Waals surface area contributed by atoms with Crippen LogP contribution in [0.3, 0.4) is 0 Å². The van der Waals surface area contributed by atoms with Crippen molar-refractivity contribution in [1.82, 2.24) is 0 Å². The fourth-order valence-electron chi connectivity index (χ4n) is 0.815. The van der Waals surface area contributed by atoms with Crippen LogP contribution in [-0.4, -0.2) is 24.5 Å². The predicted molar refractivity (Wildman–Crippen MR) is 51.0 cm³/mol. The molecule has 1 rings (SSSR count). The minimum atomic E-state index is 0.0804. The van der Waals surface area contributed by atoms with Crippen LogP contribution >= 0.6 is 11.6 Å². The van der Waals surface area contributed by atoms with Gasteiger partial charge in [0, 0.05) is 11.2 Å². The lowest BCUT2D eigenvalue weighted by atomic mass is 10.2. The van der Waals surface area contributed by atoms with Crippen molar-refractivity contribution in [3.8, 4) is 0 Å². The van der Waals surface area contributed by atoms with E-state index < -0.39 is 0 Å². The lowest BCUT2D eigenvalue weighted by Crippen LogP contribution is -1.88. The van der Waals surface area contributed by atoms with Gasteiger partial charge in [0.2, 0.25) is 0 Å². The molecule has 1 N–H and O–H groups in total. The number of aliphatic hydroxyl groups excluding tert-OH is 1. The van der Waals surface area contributed by atoms with Crippen molar-refractivity contribution in [2.45, 2.75) is 0 Å². The highest BCUT2D eigenvalue weighted by molar-refractivity contribution is 6.30. The summed E-state index contributed by atoms with van der Waals surface area (Å²) in [7, 11) is 0. The average Bonchev–Trinajstić information content (AvgIpc) is 2.05. The molecule has 1 aromatic carbocycles. The normalized spacial score (nSPS) is 10.8. The van der Waals surface area contributed by atoms with Gasteiger partial charge in [0.15, 0.2) is 0 Å². The molecule has 3 heteroatoms. The topological polar surface area (TPSA) is 32.6 Å². The summed E-state index contributed by atoms with van der Waals surface area (Å²) >= 11 is 5.75. The summed E-state index contributed by atoms with van der Waals surface area (Å²) in [6, 6.07) is 7.41. The van der Waals surface area contributed by atoms with Gasteiger partial charge in [0.1, 0.15) is 0 Å². The second-order valence-corrected chi connectivity index (χ2v) is 2.75. The van der Waals surface area contributed by atoms with Crippen LogP contribution in [0.4, 0.5) is 0 Å². The van der Waals surface area contributed by atoms with E-state index in [2.05, 4.69) is 4.99 Å². The Morgan fingerprint density at radius 1 is 1.50 bits per heavy atom. The number of nitrogens with zero attached hydrogens (tertiary/aromatic N) is 1. The van der Waals surface area contributed by atoms with E-state index in [9.17, 15) is 0 Å². The molecule has 0 saturated heterocycles. The van der Waals surface area contributed by atoms with Crippen molar-refractivity contribution in [3.05, 3.63) is 34.9 Å². The Morgan fingerprint density at radius 2 is 2.33 bits per heavy atom. The molecule has 0 aromatic heterocycles. The van der Waals surface area contributed by atoms with Gasteiger partial charge in [-0.3, -0.25) is 4.99 Å². The number of aliphatic hydroxyl groups is 1. The minimum absolute atomic E-state index is 0.0804. The van der Waals surface area contributed by atoms with Crippen LogP contribution in [0.15, 0.2) is 29.3 Å². The van der Waals surface area contributed by atoms with Crippen LogP contribution < -0.4 is 0 Å². The highest BCUT2D eigenvalue weighted by Crippen LogP contribution is 2.08. The summed E-state index contributed by atoms with van der Waals surface area (Å²) in [5.41, 5.74) is 0.955. The molecule has 64 valence electrons. The Labute approximate surface area is 76.5 Å². The first-order valence-electron chi connectivity index (χ1n) is 3.69. The molecule has 0 atom stereocenters. The van der Waals surface area contributed by atoms with E-state index in [0.29, 0.717) is 11.6 Å². The molecule has 1 aromatic rings. The molecule has 0 amide bonds. The summed E-state index contributed by atoms with van der Waals surface area (Å²) in [5, 5.41) is 9.16. The smallest absolute Gasteiger partial charge is 0.0626 e. The Hall–Kier alpha value is -0.860. The lowest BCUT2D eigenvalue weighted by molar-refractivity contribution is 0.307. The Bertz CT molecular complexity index is 273. The first-order chi connectivity index (χ1) is 5.83. The zero-order chi connectivity index (χ0) is 8.81. The Kier molecular flexibility index (Phi) is 3.77. The molecule has 0 spiro atoms. The summed E-state index contributed by atoms with van der Waals surface area (Å²) in [5.74, 6) is 0. The summed E-state index contributed by atoms with van der Waals surface area (Å²) < 4.78 is 0. The first-order valence-corrected chi connectivity index (χ1v) is 4.07. The van der Waals surface area contributed by atoms with Gasteiger partial charge in [-0.1, -0.05) is 23.7 Å². The predicted octanol–water partition coefficient (Wildman–Crippen LogP) is 1.75. The molecule has 0 aliphatic carbocycles. The molecule has 0 unspecified atom stereocenters. The van der Waals surface area contributed by atoms with Crippen LogP contribution in [0.5, 0.6) is 0 Å². The quantitative estimate of drug-likeness (QED) is 0.712. The van der Waals surface area contributed by atoms with Crippen LogP contribution in [0.1, 0.15) is 5.56 Å². The molecule has 0 heterocycles. The van der Waals surface area contributed by atoms with Crippen LogP contribution in [0, 0.1) is 0 Å². The average molecular weight is 184 g/mol. The monoisotopic (exact) mass is 183 g/mol. The molecule has 0 fully saturated rings. The fourth-order valence-corrected chi connectivity index (χ4v) is 1.01. The van der Waals surface area contributed by atoms with Crippen molar-refractivity contribution < 1.29 is 5.11 Å². The number of hydrogen-bond donors (Lipinski definition) is 1. The second-order valence-electron chi connectivity index (χ2n) is 2.31. The molecule has 0 aliphatic heterocycles. The molecule has 0 saturated carbocycles. The van der Waals surface area contributed by atoms with Crippen molar-refractivity contribution >= 4 is 17.8 Å². The van der Waals surface area contributed by atoms with Gasteiger partial charge >= 0.3 is 0 Å². The number of benzene rings is 1. The molecule has 0 radical (unpaired) electrons. The molecular weight excluding hydrogens is 174 g/mol. The maximum atomic E-state index is 8.46. The Balaban J connectivity index is 2.63. The maximum Gasteiger partial charge on any atom is 0.0626 e. The maximum absolute atomic E-state index is 8.46. The van der Waals surface area contributed by atoms with E-state index in [4.69, 9.17) is 16.7 Å². The van der Waals surface area contributed by atoms with Gasteiger partial charge in [0.25, 0.3) is 0 Å². The number of rotatable bonds is 3. The highest BCUT2D eigenvalue weighted by Gasteiger charge is 1.88. The molecule has 0 aliphatic rings. The van der Waals surface area contributed by atoms with Gasteiger partial charge in [-0.25, -0.2) is 0 Å². The summed E-state index contributed by atoms with van der Waals surface area (Å²) in [6.45, 7) is 0.517. The fraction of sp³-hybridized carbons (Fsp3) is 0.222. The largest absolute Gasteiger partial charge is 0.394 e. The zero-order valence-corrected chi connectivity index (χ0v) is 7.33. The molecule has 2 nitrogen and oxygen atoms in total. The number of halogens is 1. The van der Waals surface area contributed by atoms with Crippen LogP contribution in [-0.2, 0) is 0 Å². The number of hydrogen-bond acceptors (Lipinski definition) is 2. The molecule has 12 heavy (non-hydrogen) atoms. The second kappa shape index (κ2) is 4.91. The SMILES string of the molecule is OCCN=Cc1cccc(Cl)c1.